The molecule has 2 heterocycles. The lowest BCUT2D eigenvalue weighted by Gasteiger charge is -2.12. The number of hydrogen-bond acceptors (Lipinski definition) is 10. The molecule has 0 saturated heterocycles. The number of benzene rings is 1. The molecule has 218 valence electrons. The van der Waals surface area contributed by atoms with Gasteiger partial charge in [0.1, 0.15) is 5.00 Å². The van der Waals surface area contributed by atoms with E-state index in [0.717, 1.165) is 49.0 Å². The average molecular weight is 601 g/mol. The van der Waals surface area contributed by atoms with Gasteiger partial charge in [-0.1, -0.05) is 25.1 Å². The van der Waals surface area contributed by atoms with Gasteiger partial charge >= 0.3 is 5.97 Å². The van der Waals surface area contributed by atoms with E-state index in [0.29, 0.717) is 33.7 Å². The third kappa shape index (κ3) is 7.50. The van der Waals surface area contributed by atoms with E-state index in [-0.39, 0.29) is 30.5 Å². The highest BCUT2D eigenvalue weighted by atomic mass is 32.2. The number of nitro groups is 1. The lowest BCUT2D eigenvalue weighted by atomic mass is 9.95. The van der Waals surface area contributed by atoms with Crippen LogP contribution in [0.4, 0.5) is 10.7 Å². The highest BCUT2D eigenvalue weighted by Gasteiger charge is 2.27. The van der Waals surface area contributed by atoms with Crippen molar-refractivity contribution in [1.29, 1.82) is 0 Å². The Kier molecular flexibility index (Phi) is 10.5. The molecular weight excluding hydrogens is 568 g/mol. The number of unbranched alkanes of at least 4 members (excludes halogenated alkanes) is 1. The molecule has 0 radical (unpaired) electrons. The number of anilines is 1. The first-order valence-corrected chi connectivity index (χ1v) is 15.3. The van der Waals surface area contributed by atoms with Crippen molar-refractivity contribution in [3.63, 3.8) is 0 Å². The molecule has 1 aromatic carbocycles. The van der Waals surface area contributed by atoms with Crippen LogP contribution in [0.2, 0.25) is 0 Å². The van der Waals surface area contributed by atoms with Gasteiger partial charge in [-0.15, -0.1) is 21.5 Å². The quantitative estimate of drug-likeness (QED) is 0.122. The average Bonchev–Trinajstić information content (AvgIpc) is 3.53. The molecular formula is C27H32N6O6S2. The third-order valence-electron chi connectivity index (χ3n) is 6.51. The van der Waals surface area contributed by atoms with Gasteiger partial charge in [0.05, 0.1) is 29.4 Å². The molecule has 0 saturated carbocycles. The topological polar surface area (TPSA) is 158 Å². The molecule has 0 atom stereocenters. The molecule has 0 bridgehead atoms. The maximum absolute atomic E-state index is 13.0. The Morgan fingerprint density at radius 3 is 2.61 bits per heavy atom. The van der Waals surface area contributed by atoms with Crippen LogP contribution in [0, 0.1) is 10.1 Å². The number of nitrogens with zero attached hydrogens (tertiary/aromatic N) is 4. The number of thioether (sulfide) groups is 1. The normalized spacial score (nSPS) is 12.4. The number of aryl methyl sites for hydroxylation is 1. The number of rotatable bonds is 13. The van der Waals surface area contributed by atoms with Crippen molar-refractivity contribution in [1.82, 2.24) is 20.1 Å². The maximum Gasteiger partial charge on any atom is 0.341 e. The van der Waals surface area contributed by atoms with Crippen LogP contribution in [0.3, 0.4) is 0 Å². The van der Waals surface area contributed by atoms with Gasteiger partial charge in [0.25, 0.3) is 11.6 Å². The number of aromatic nitrogens is 3. The number of hydrogen-bond donors (Lipinski definition) is 2. The SMILES string of the molecule is CCCCn1c(CNC(=O)c2ccc([N+](=O)[O-])cc2)nnc1SCC(=O)Nc1sc2c(c1C(=O)OCC)CCCC2. The highest BCUT2D eigenvalue weighted by Crippen LogP contribution is 2.38. The zero-order chi connectivity index (χ0) is 29.4. The monoisotopic (exact) mass is 600 g/mol. The molecule has 0 spiro atoms. The van der Waals surface area contributed by atoms with Crippen molar-refractivity contribution in [3.8, 4) is 0 Å². The Balaban J connectivity index is 1.41. The summed E-state index contributed by atoms with van der Waals surface area (Å²) < 4.78 is 7.16. The molecule has 2 aromatic heterocycles. The number of amides is 2. The summed E-state index contributed by atoms with van der Waals surface area (Å²) in [5.74, 6) is -0.474. The van der Waals surface area contributed by atoms with Gasteiger partial charge in [-0.2, -0.15) is 0 Å². The van der Waals surface area contributed by atoms with Gasteiger partial charge in [-0.25, -0.2) is 4.79 Å². The van der Waals surface area contributed by atoms with Gasteiger partial charge in [0.2, 0.25) is 5.91 Å². The summed E-state index contributed by atoms with van der Waals surface area (Å²) in [6.45, 7) is 4.79. The number of carbonyl (C=O) groups is 3. The standard InChI is InChI=1S/C27H32N6O6S2/c1-3-5-14-32-21(15-28-24(35)17-10-12-18(13-11-17)33(37)38)30-31-27(32)40-16-22(34)29-25-23(26(36)39-4-2)19-8-6-7-9-20(19)41-25/h10-13H,3-9,14-16H2,1-2H3,(H,28,35)(H,29,34). The molecule has 0 fully saturated rings. The van der Waals surface area contributed by atoms with E-state index in [4.69, 9.17) is 4.74 Å². The van der Waals surface area contributed by atoms with Gasteiger partial charge in [0, 0.05) is 29.1 Å². The number of nitro benzene ring substituents is 1. The first-order chi connectivity index (χ1) is 19.8. The Labute approximate surface area is 245 Å². The van der Waals surface area contributed by atoms with Crippen LogP contribution in [0.5, 0.6) is 0 Å². The highest BCUT2D eigenvalue weighted by molar-refractivity contribution is 7.99. The number of nitrogens with one attached hydrogen (secondary N) is 2. The molecule has 0 aliphatic heterocycles. The Bertz CT molecular complexity index is 1420. The summed E-state index contributed by atoms with van der Waals surface area (Å²) in [5.41, 5.74) is 1.66. The van der Waals surface area contributed by atoms with Crippen molar-refractivity contribution in [3.05, 3.63) is 61.8 Å². The third-order valence-corrected chi connectivity index (χ3v) is 8.69. The van der Waals surface area contributed by atoms with Crippen molar-refractivity contribution in [2.45, 2.75) is 70.6 Å². The summed E-state index contributed by atoms with van der Waals surface area (Å²) in [7, 11) is 0. The molecule has 0 unspecified atom stereocenters. The Morgan fingerprint density at radius 1 is 1.15 bits per heavy atom. The smallest absolute Gasteiger partial charge is 0.341 e. The largest absolute Gasteiger partial charge is 0.462 e. The van der Waals surface area contributed by atoms with Crippen molar-refractivity contribution >= 4 is 51.6 Å². The van der Waals surface area contributed by atoms with Gasteiger partial charge in [-0.05, 0) is 56.7 Å². The zero-order valence-corrected chi connectivity index (χ0v) is 24.6. The van der Waals surface area contributed by atoms with Crippen LogP contribution < -0.4 is 10.6 Å². The second-order valence-electron chi connectivity index (χ2n) is 9.36. The van der Waals surface area contributed by atoms with E-state index >= 15 is 0 Å². The van der Waals surface area contributed by atoms with E-state index in [9.17, 15) is 24.5 Å². The predicted molar refractivity (Wildman–Crippen MR) is 155 cm³/mol. The van der Waals surface area contributed by atoms with E-state index in [1.54, 1.807) is 6.92 Å². The Hall–Kier alpha value is -3.78. The lowest BCUT2D eigenvalue weighted by Crippen LogP contribution is -2.25. The van der Waals surface area contributed by atoms with Gasteiger partial charge in [-0.3, -0.25) is 19.7 Å². The Morgan fingerprint density at radius 2 is 1.90 bits per heavy atom. The molecule has 14 heteroatoms. The van der Waals surface area contributed by atoms with Crippen LogP contribution in [0.15, 0.2) is 29.4 Å². The number of thiophene rings is 1. The van der Waals surface area contributed by atoms with Crippen LogP contribution in [-0.2, 0) is 35.5 Å². The van der Waals surface area contributed by atoms with Crippen LogP contribution in [-0.4, -0.2) is 49.8 Å². The van der Waals surface area contributed by atoms with Crippen LogP contribution in [0.1, 0.15) is 76.5 Å². The minimum atomic E-state index is -0.523. The second kappa shape index (κ2) is 14.2. The number of fused-ring (bicyclic) bond motifs is 1. The number of carbonyl (C=O) groups excluding carboxylic acids is 3. The molecule has 4 rings (SSSR count). The van der Waals surface area contributed by atoms with E-state index in [2.05, 4.69) is 27.8 Å². The van der Waals surface area contributed by atoms with Crippen molar-refractivity contribution in [2.24, 2.45) is 0 Å². The van der Waals surface area contributed by atoms with Gasteiger partial charge < -0.3 is 19.9 Å². The summed E-state index contributed by atoms with van der Waals surface area (Å²) in [5, 5.41) is 26.1. The zero-order valence-electron chi connectivity index (χ0n) is 22.9. The first-order valence-electron chi connectivity index (χ1n) is 13.5. The van der Waals surface area contributed by atoms with E-state index in [1.165, 1.54) is 47.4 Å². The summed E-state index contributed by atoms with van der Waals surface area (Å²) >= 11 is 2.67. The number of ether oxygens (including phenoxy) is 1. The van der Waals surface area contributed by atoms with Gasteiger partial charge in [0.15, 0.2) is 11.0 Å². The number of non-ortho nitro benzene ring substituents is 1. The fourth-order valence-corrected chi connectivity index (χ4v) is 6.54. The minimum Gasteiger partial charge on any atom is -0.462 e. The first kappa shape index (κ1) is 30.2. The fourth-order valence-electron chi connectivity index (χ4n) is 4.46. The second-order valence-corrected chi connectivity index (χ2v) is 11.4. The van der Waals surface area contributed by atoms with E-state index in [1.807, 2.05) is 4.57 Å². The van der Waals surface area contributed by atoms with Crippen LogP contribution >= 0.6 is 23.1 Å². The minimum absolute atomic E-state index is 0.0598. The van der Waals surface area contributed by atoms with E-state index < -0.39 is 16.8 Å². The predicted octanol–water partition coefficient (Wildman–Crippen LogP) is 4.76. The number of esters is 1. The van der Waals surface area contributed by atoms with Crippen LogP contribution in [0.25, 0.3) is 0 Å². The van der Waals surface area contributed by atoms with Crippen molar-refractivity contribution < 1.29 is 24.0 Å². The molecule has 1 aliphatic carbocycles. The van der Waals surface area contributed by atoms with Crippen molar-refractivity contribution in [2.75, 3.05) is 17.7 Å². The summed E-state index contributed by atoms with van der Waals surface area (Å²) in [6, 6.07) is 5.35. The molecule has 2 N–H and O–H groups in total. The fraction of sp³-hybridized carbons (Fsp3) is 0.444. The molecule has 12 nitrogen and oxygen atoms in total. The maximum atomic E-state index is 13.0. The summed E-state index contributed by atoms with van der Waals surface area (Å²) in [6.07, 6.45) is 5.53. The molecule has 2 amide bonds. The lowest BCUT2D eigenvalue weighted by molar-refractivity contribution is -0.384. The molecule has 41 heavy (non-hydrogen) atoms. The molecule has 3 aromatic rings. The summed E-state index contributed by atoms with van der Waals surface area (Å²) in [4.78, 5) is 49.7. The molecule has 1 aliphatic rings.